The van der Waals surface area contributed by atoms with Crippen LogP contribution in [0.4, 0.5) is 0 Å². The Balaban J connectivity index is -0.000000411. The summed E-state index contributed by atoms with van der Waals surface area (Å²) in [7, 11) is 0. The average molecular weight is 510 g/mol. The van der Waals surface area contributed by atoms with E-state index in [9.17, 15) is 20.4 Å². The van der Waals surface area contributed by atoms with Gasteiger partial charge in [-0.25, -0.2) is 0 Å². The van der Waals surface area contributed by atoms with Gasteiger partial charge in [0.2, 0.25) is 0 Å². The Labute approximate surface area is 209 Å². The maximum Gasteiger partial charge on any atom is 2.00 e. The molecule has 4 nitrogen and oxygen atoms in total. The molecular formula is C22H44BaO4-2. The summed E-state index contributed by atoms with van der Waals surface area (Å²) in [6.07, 6.45) is -2.56. The third-order valence-electron chi connectivity index (χ3n) is 4.72. The summed E-state index contributed by atoms with van der Waals surface area (Å²) in [5.74, 6) is 0. The van der Waals surface area contributed by atoms with Crippen molar-refractivity contribution in [2.24, 2.45) is 21.7 Å². The fourth-order valence-electron chi connectivity index (χ4n) is 1.80. The van der Waals surface area contributed by atoms with E-state index in [1.54, 1.807) is 0 Å². The zero-order chi connectivity index (χ0) is 21.7. The molecule has 0 saturated heterocycles. The van der Waals surface area contributed by atoms with Gasteiger partial charge in [-0.05, 0) is 0 Å². The fourth-order valence-corrected chi connectivity index (χ4v) is 1.80. The molecule has 160 valence electrons. The van der Waals surface area contributed by atoms with E-state index < -0.39 is 24.4 Å². The van der Waals surface area contributed by atoms with Crippen molar-refractivity contribution in [1.29, 1.82) is 0 Å². The molecule has 4 unspecified atom stereocenters. The van der Waals surface area contributed by atoms with E-state index in [1.807, 2.05) is 83.1 Å². The van der Waals surface area contributed by atoms with E-state index in [1.165, 1.54) is 0 Å². The van der Waals surface area contributed by atoms with Crippen molar-refractivity contribution < 1.29 is 20.4 Å². The SMILES string of the molecule is CC(C)(C)C([O-])CC([O-])C(C)(C)C.CC(C)(C)C([O-])CC([O-])C(C)(C)C.[Ba+2]. The molecule has 0 rings (SSSR count). The van der Waals surface area contributed by atoms with Gasteiger partial charge in [0, 0.05) is 0 Å². The Hall–Kier alpha value is 1.41. The van der Waals surface area contributed by atoms with Crippen molar-refractivity contribution in [2.45, 2.75) is 120 Å². The first kappa shape index (κ1) is 33.1. The molecule has 0 aliphatic rings. The number of hydrogen-bond donors (Lipinski definition) is 0. The Bertz CT molecular complexity index is 309. The summed E-state index contributed by atoms with van der Waals surface area (Å²) in [4.78, 5) is 0. The molecule has 0 aliphatic heterocycles. The summed E-state index contributed by atoms with van der Waals surface area (Å²) in [6, 6.07) is 0. The van der Waals surface area contributed by atoms with Gasteiger partial charge < -0.3 is 20.4 Å². The van der Waals surface area contributed by atoms with Crippen LogP contribution in [-0.4, -0.2) is 73.3 Å². The first-order valence-corrected chi connectivity index (χ1v) is 9.73. The number of rotatable bonds is 4. The molecule has 0 saturated carbocycles. The van der Waals surface area contributed by atoms with Crippen LogP contribution in [0.3, 0.4) is 0 Å². The van der Waals surface area contributed by atoms with Crippen LogP contribution >= 0.6 is 0 Å². The monoisotopic (exact) mass is 510 g/mol. The van der Waals surface area contributed by atoms with Crippen LogP contribution in [0.2, 0.25) is 0 Å². The molecule has 0 amide bonds. The van der Waals surface area contributed by atoms with Gasteiger partial charge in [-0.2, -0.15) is 0 Å². The molecule has 27 heavy (non-hydrogen) atoms. The summed E-state index contributed by atoms with van der Waals surface area (Å²) in [5.41, 5.74) is -1.19. The molecule has 5 heteroatoms. The normalized spacial score (nSPS) is 17.8. The number of hydrogen-bond acceptors (Lipinski definition) is 4. The molecule has 0 spiro atoms. The van der Waals surface area contributed by atoms with E-state index in [0.717, 1.165) is 0 Å². The van der Waals surface area contributed by atoms with Crippen LogP contribution in [0.15, 0.2) is 0 Å². The first-order chi connectivity index (χ1) is 11.1. The second kappa shape index (κ2) is 12.3. The van der Waals surface area contributed by atoms with Crippen LogP contribution in [0, 0.1) is 21.7 Å². The summed E-state index contributed by atoms with van der Waals surface area (Å²) in [5, 5.41) is 46.4. The van der Waals surface area contributed by atoms with Crippen molar-refractivity contribution in [3.8, 4) is 0 Å². The van der Waals surface area contributed by atoms with Gasteiger partial charge in [-0.3, -0.25) is 0 Å². The molecule has 0 heterocycles. The van der Waals surface area contributed by atoms with Crippen LogP contribution in [0.1, 0.15) is 95.9 Å². The van der Waals surface area contributed by atoms with Crippen molar-refractivity contribution in [2.75, 3.05) is 0 Å². The minimum Gasteiger partial charge on any atom is -0.852 e. The summed E-state index contributed by atoms with van der Waals surface area (Å²) in [6.45, 7) is 22.7. The van der Waals surface area contributed by atoms with Gasteiger partial charge in [0.25, 0.3) is 0 Å². The van der Waals surface area contributed by atoms with E-state index in [0.29, 0.717) is 0 Å². The second-order valence-corrected chi connectivity index (χ2v) is 11.9. The largest absolute Gasteiger partial charge is 2.00 e. The summed E-state index contributed by atoms with van der Waals surface area (Å²) < 4.78 is 0. The van der Waals surface area contributed by atoms with Gasteiger partial charge in [0.1, 0.15) is 0 Å². The third-order valence-corrected chi connectivity index (χ3v) is 4.72. The maximum atomic E-state index is 11.6. The molecule has 0 aliphatic carbocycles. The van der Waals surface area contributed by atoms with Gasteiger partial charge in [0.05, 0.1) is 0 Å². The molecular weight excluding hydrogens is 466 g/mol. The fraction of sp³-hybridized carbons (Fsp3) is 1.00. The molecule has 0 aromatic heterocycles. The van der Waals surface area contributed by atoms with Crippen molar-refractivity contribution in [1.82, 2.24) is 0 Å². The minimum absolute atomic E-state index is 0. The van der Waals surface area contributed by atoms with Crippen LogP contribution < -0.4 is 20.4 Å². The molecule has 0 aromatic rings. The van der Waals surface area contributed by atoms with Crippen molar-refractivity contribution in [3.63, 3.8) is 0 Å². The Kier molecular flexibility index (Phi) is 15.1. The topological polar surface area (TPSA) is 92.2 Å². The van der Waals surface area contributed by atoms with E-state index in [2.05, 4.69) is 0 Å². The summed E-state index contributed by atoms with van der Waals surface area (Å²) >= 11 is 0. The van der Waals surface area contributed by atoms with Gasteiger partial charge in [-0.1, -0.05) is 118 Å². The van der Waals surface area contributed by atoms with Gasteiger partial charge in [0.15, 0.2) is 0 Å². The van der Waals surface area contributed by atoms with Gasteiger partial charge in [-0.15, -0.1) is 24.4 Å². The Morgan fingerprint density at radius 1 is 0.407 bits per heavy atom. The van der Waals surface area contributed by atoms with Crippen LogP contribution in [-0.2, 0) is 0 Å². The molecule has 0 bridgehead atoms. The minimum atomic E-state index is -0.755. The zero-order valence-corrected chi connectivity index (χ0v) is 24.5. The van der Waals surface area contributed by atoms with E-state index >= 15 is 0 Å². The van der Waals surface area contributed by atoms with E-state index in [-0.39, 0.29) is 83.4 Å². The predicted molar refractivity (Wildman–Crippen MR) is 108 cm³/mol. The molecule has 0 fully saturated rings. The van der Waals surface area contributed by atoms with Crippen LogP contribution in [0.25, 0.3) is 0 Å². The molecule has 0 radical (unpaired) electrons. The van der Waals surface area contributed by atoms with Crippen molar-refractivity contribution in [3.05, 3.63) is 0 Å². The van der Waals surface area contributed by atoms with Crippen LogP contribution in [0.5, 0.6) is 0 Å². The van der Waals surface area contributed by atoms with E-state index in [4.69, 9.17) is 0 Å². The second-order valence-electron chi connectivity index (χ2n) is 11.9. The Morgan fingerprint density at radius 3 is 0.593 bits per heavy atom. The quantitative estimate of drug-likeness (QED) is 0.537. The first-order valence-electron chi connectivity index (χ1n) is 9.73. The maximum absolute atomic E-state index is 11.6. The van der Waals surface area contributed by atoms with Crippen molar-refractivity contribution >= 4 is 48.9 Å². The third kappa shape index (κ3) is 15.9. The predicted octanol–water partition coefficient (Wildman–Crippen LogP) is 1.47. The van der Waals surface area contributed by atoms with Gasteiger partial charge >= 0.3 is 48.9 Å². The molecule has 0 aromatic carbocycles. The smallest absolute Gasteiger partial charge is 0.852 e. The average Bonchev–Trinajstić information content (AvgIpc) is 2.34. The molecule has 0 N–H and O–H groups in total. The Morgan fingerprint density at radius 2 is 0.519 bits per heavy atom. The molecule has 4 atom stereocenters. The zero-order valence-electron chi connectivity index (χ0n) is 20.1. The standard InChI is InChI=1S/2C11H22O2.Ba/c2*1-10(2,3)8(12)7-9(13)11(4,5)6;/h2*8-9H,7H2,1-6H3;/q2*-2;+2.